The molecule has 3 rings (SSSR count). The standard InChI is InChI=1S/C18H22N4O/c1-14-7-9-22(10-8-14)18-19-12-16(13-20-18)21-17(23)11-15-5-3-2-4-6-15/h2-6,12-14H,7-11H2,1H3,(H,21,23). The van der Waals surface area contributed by atoms with E-state index in [0.717, 1.165) is 30.5 Å². The molecule has 1 saturated heterocycles. The van der Waals surface area contributed by atoms with Crippen molar-refractivity contribution in [3.05, 3.63) is 48.3 Å². The van der Waals surface area contributed by atoms with Gasteiger partial charge >= 0.3 is 0 Å². The van der Waals surface area contributed by atoms with E-state index in [-0.39, 0.29) is 5.91 Å². The number of nitrogens with zero attached hydrogens (tertiary/aromatic N) is 3. The van der Waals surface area contributed by atoms with Gasteiger partial charge in [-0.25, -0.2) is 9.97 Å². The fourth-order valence-electron chi connectivity index (χ4n) is 2.74. The van der Waals surface area contributed by atoms with Crippen molar-refractivity contribution in [3.63, 3.8) is 0 Å². The highest BCUT2D eigenvalue weighted by Gasteiger charge is 2.17. The van der Waals surface area contributed by atoms with Gasteiger partial charge in [0.1, 0.15) is 0 Å². The quantitative estimate of drug-likeness (QED) is 0.943. The molecule has 0 radical (unpaired) electrons. The van der Waals surface area contributed by atoms with Crippen LogP contribution >= 0.6 is 0 Å². The molecule has 0 bridgehead atoms. The summed E-state index contributed by atoms with van der Waals surface area (Å²) in [5.74, 6) is 1.47. The molecule has 0 unspecified atom stereocenters. The molecule has 5 nitrogen and oxygen atoms in total. The highest BCUT2D eigenvalue weighted by molar-refractivity contribution is 5.91. The van der Waals surface area contributed by atoms with Crippen LogP contribution in [0.2, 0.25) is 0 Å². The smallest absolute Gasteiger partial charge is 0.228 e. The van der Waals surface area contributed by atoms with E-state index in [2.05, 4.69) is 27.1 Å². The minimum Gasteiger partial charge on any atom is -0.341 e. The number of hydrogen-bond acceptors (Lipinski definition) is 4. The minimum absolute atomic E-state index is 0.0562. The first-order valence-electron chi connectivity index (χ1n) is 8.11. The van der Waals surface area contributed by atoms with Gasteiger partial charge in [0.25, 0.3) is 0 Å². The number of aromatic nitrogens is 2. The SMILES string of the molecule is CC1CCN(c2ncc(NC(=O)Cc3ccccc3)cn2)CC1. The Morgan fingerprint density at radius 1 is 1.17 bits per heavy atom. The Morgan fingerprint density at radius 2 is 1.83 bits per heavy atom. The number of anilines is 2. The van der Waals surface area contributed by atoms with Gasteiger partial charge in [-0.1, -0.05) is 37.3 Å². The van der Waals surface area contributed by atoms with Gasteiger partial charge < -0.3 is 10.2 Å². The van der Waals surface area contributed by atoms with E-state index in [1.54, 1.807) is 12.4 Å². The van der Waals surface area contributed by atoms with Crippen LogP contribution in [0.15, 0.2) is 42.7 Å². The van der Waals surface area contributed by atoms with E-state index >= 15 is 0 Å². The van der Waals surface area contributed by atoms with Gasteiger partial charge in [-0.2, -0.15) is 0 Å². The Balaban J connectivity index is 1.56. The Bertz CT molecular complexity index is 634. The molecule has 0 spiro atoms. The van der Waals surface area contributed by atoms with E-state index in [4.69, 9.17) is 0 Å². The fraction of sp³-hybridized carbons (Fsp3) is 0.389. The van der Waals surface area contributed by atoms with E-state index in [9.17, 15) is 4.79 Å². The van der Waals surface area contributed by atoms with Gasteiger partial charge in [0.2, 0.25) is 11.9 Å². The average Bonchev–Trinajstić information content (AvgIpc) is 2.57. The van der Waals surface area contributed by atoms with Gasteiger partial charge in [-0.05, 0) is 24.3 Å². The van der Waals surface area contributed by atoms with Gasteiger partial charge in [-0.3, -0.25) is 4.79 Å². The lowest BCUT2D eigenvalue weighted by molar-refractivity contribution is -0.115. The minimum atomic E-state index is -0.0562. The lowest BCUT2D eigenvalue weighted by Gasteiger charge is -2.30. The molecular weight excluding hydrogens is 288 g/mol. The third-order valence-corrected chi connectivity index (χ3v) is 4.20. The first-order valence-corrected chi connectivity index (χ1v) is 8.11. The van der Waals surface area contributed by atoms with Crippen LogP contribution in [0.3, 0.4) is 0 Å². The van der Waals surface area contributed by atoms with Gasteiger partial charge in [-0.15, -0.1) is 0 Å². The summed E-state index contributed by atoms with van der Waals surface area (Å²) >= 11 is 0. The molecule has 120 valence electrons. The van der Waals surface area contributed by atoms with Gasteiger partial charge in [0.15, 0.2) is 0 Å². The van der Waals surface area contributed by atoms with Crippen molar-refractivity contribution in [1.29, 1.82) is 0 Å². The third-order valence-electron chi connectivity index (χ3n) is 4.20. The van der Waals surface area contributed by atoms with Crippen LogP contribution in [0.25, 0.3) is 0 Å². The second kappa shape index (κ2) is 7.22. The van der Waals surface area contributed by atoms with Crippen molar-refractivity contribution >= 4 is 17.5 Å². The van der Waals surface area contributed by atoms with Crippen LogP contribution in [0, 0.1) is 5.92 Å². The lowest BCUT2D eigenvalue weighted by Crippen LogP contribution is -2.34. The highest BCUT2D eigenvalue weighted by atomic mass is 16.1. The summed E-state index contributed by atoms with van der Waals surface area (Å²) in [5, 5.41) is 2.85. The van der Waals surface area contributed by atoms with Gasteiger partial charge in [0.05, 0.1) is 24.5 Å². The molecule has 1 fully saturated rings. The Hall–Kier alpha value is -2.43. The first kappa shape index (κ1) is 15.5. The predicted octanol–water partition coefficient (Wildman–Crippen LogP) is 2.89. The largest absolute Gasteiger partial charge is 0.341 e. The number of carbonyl (C=O) groups is 1. The number of benzene rings is 1. The number of carbonyl (C=O) groups excluding carboxylic acids is 1. The van der Waals surface area contributed by atoms with E-state index in [0.29, 0.717) is 12.1 Å². The van der Waals surface area contributed by atoms with Crippen LogP contribution in [0.5, 0.6) is 0 Å². The molecule has 2 heterocycles. The number of amides is 1. The zero-order chi connectivity index (χ0) is 16.1. The first-order chi connectivity index (χ1) is 11.2. The molecule has 1 aromatic carbocycles. The Kier molecular flexibility index (Phi) is 4.86. The number of hydrogen-bond donors (Lipinski definition) is 1. The molecule has 1 aliphatic rings. The molecule has 1 N–H and O–H groups in total. The van der Waals surface area contributed by atoms with Crippen molar-refractivity contribution < 1.29 is 4.79 Å². The van der Waals surface area contributed by atoms with E-state index in [1.165, 1.54) is 12.8 Å². The third kappa shape index (κ3) is 4.28. The lowest BCUT2D eigenvalue weighted by atomic mass is 10.00. The Labute approximate surface area is 136 Å². The van der Waals surface area contributed by atoms with Crippen molar-refractivity contribution in [2.75, 3.05) is 23.3 Å². The van der Waals surface area contributed by atoms with Crippen LogP contribution in [0.1, 0.15) is 25.3 Å². The maximum Gasteiger partial charge on any atom is 0.228 e. The summed E-state index contributed by atoms with van der Waals surface area (Å²) in [5.41, 5.74) is 1.63. The number of nitrogens with one attached hydrogen (secondary N) is 1. The van der Waals surface area contributed by atoms with Crippen molar-refractivity contribution in [3.8, 4) is 0 Å². The Morgan fingerprint density at radius 3 is 2.48 bits per heavy atom. The number of rotatable bonds is 4. The predicted molar refractivity (Wildman–Crippen MR) is 91.4 cm³/mol. The van der Waals surface area contributed by atoms with Gasteiger partial charge in [0, 0.05) is 13.1 Å². The fourth-order valence-corrected chi connectivity index (χ4v) is 2.74. The van der Waals surface area contributed by atoms with E-state index < -0.39 is 0 Å². The molecule has 23 heavy (non-hydrogen) atoms. The average molecular weight is 310 g/mol. The summed E-state index contributed by atoms with van der Waals surface area (Å²) in [6.45, 7) is 4.28. The molecule has 0 saturated carbocycles. The summed E-state index contributed by atoms with van der Waals surface area (Å²) in [6.07, 6.45) is 6.08. The normalized spacial score (nSPS) is 15.4. The topological polar surface area (TPSA) is 58.1 Å². The van der Waals surface area contributed by atoms with Crippen molar-refractivity contribution in [2.24, 2.45) is 5.92 Å². The highest BCUT2D eigenvalue weighted by Crippen LogP contribution is 2.20. The zero-order valence-corrected chi connectivity index (χ0v) is 13.4. The molecule has 0 aliphatic carbocycles. The second-order valence-electron chi connectivity index (χ2n) is 6.15. The summed E-state index contributed by atoms with van der Waals surface area (Å²) in [7, 11) is 0. The molecule has 1 aromatic heterocycles. The molecule has 2 aromatic rings. The summed E-state index contributed by atoms with van der Waals surface area (Å²) in [4.78, 5) is 23.0. The van der Waals surface area contributed by atoms with Crippen LogP contribution in [0.4, 0.5) is 11.6 Å². The molecule has 1 amide bonds. The maximum atomic E-state index is 12.0. The van der Waals surface area contributed by atoms with E-state index in [1.807, 2.05) is 30.3 Å². The van der Waals surface area contributed by atoms with Crippen LogP contribution in [-0.2, 0) is 11.2 Å². The monoisotopic (exact) mass is 310 g/mol. The van der Waals surface area contributed by atoms with Crippen molar-refractivity contribution in [2.45, 2.75) is 26.2 Å². The molecule has 0 atom stereocenters. The second-order valence-corrected chi connectivity index (χ2v) is 6.15. The molecule has 1 aliphatic heterocycles. The maximum absolute atomic E-state index is 12.0. The van der Waals surface area contributed by atoms with Crippen LogP contribution in [-0.4, -0.2) is 29.0 Å². The molecule has 5 heteroatoms. The number of piperidine rings is 1. The summed E-state index contributed by atoms with van der Waals surface area (Å²) in [6, 6.07) is 9.68. The van der Waals surface area contributed by atoms with Crippen LogP contribution < -0.4 is 10.2 Å². The van der Waals surface area contributed by atoms with Crippen molar-refractivity contribution in [1.82, 2.24) is 9.97 Å². The summed E-state index contributed by atoms with van der Waals surface area (Å²) < 4.78 is 0. The molecular formula is C18H22N4O. The zero-order valence-electron chi connectivity index (χ0n) is 13.4.